The number of hydrogen-bond donors (Lipinski definition) is 5. The molecule has 0 aromatic heterocycles. The summed E-state index contributed by atoms with van der Waals surface area (Å²) in [6.45, 7) is 3.66. The van der Waals surface area contributed by atoms with Crippen LogP contribution in [0.15, 0.2) is 0 Å². The molecule has 2 fully saturated rings. The van der Waals surface area contributed by atoms with Crippen molar-refractivity contribution in [2.75, 3.05) is 13.2 Å². The van der Waals surface area contributed by atoms with E-state index in [2.05, 4.69) is 13.8 Å². The van der Waals surface area contributed by atoms with Gasteiger partial charge in [0.05, 0.1) is 18.8 Å². The van der Waals surface area contributed by atoms with Gasteiger partial charge in [0.1, 0.15) is 31.0 Å². The minimum Gasteiger partial charge on any atom is -0.480 e. The fourth-order valence-corrected chi connectivity index (χ4v) is 6.01. The summed E-state index contributed by atoms with van der Waals surface area (Å²) >= 11 is 0. The minimum absolute atomic E-state index is 0.211. The maximum atomic E-state index is 11.1. The lowest BCUT2D eigenvalue weighted by Gasteiger charge is -2.48. The van der Waals surface area contributed by atoms with E-state index in [0.29, 0.717) is 24.7 Å². The van der Waals surface area contributed by atoms with Crippen LogP contribution in [0.3, 0.4) is 0 Å². The van der Waals surface area contributed by atoms with Gasteiger partial charge >= 0.3 is 5.97 Å². The molecule has 1 saturated carbocycles. The van der Waals surface area contributed by atoms with Gasteiger partial charge in [0, 0.05) is 5.92 Å². The number of carboxylic acid groups (broad SMARTS) is 1. The van der Waals surface area contributed by atoms with Gasteiger partial charge in [-0.05, 0) is 24.7 Å². The lowest BCUT2D eigenvalue weighted by molar-refractivity contribution is -0.255. The highest BCUT2D eigenvalue weighted by molar-refractivity contribution is 5.67. The van der Waals surface area contributed by atoms with Gasteiger partial charge in [-0.25, -0.2) is 4.79 Å². The lowest BCUT2D eigenvalue weighted by Crippen LogP contribution is -2.62. The molecular formula is C27H50O8. The molecule has 8 heteroatoms. The number of rotatable bonds is 16. The predicted molar refractivity (Wildman–Crippen MR) is 133 cm³/mol. The van der Waals surface area contributed by atoms with Gasteiger partial charge in [0.2, 0.25) is 0 Å². The van der Waals surface area contributed by atoms with Gasteiger partial charge in [-0.3, -0.25) is 0 Å². The lowest BCUT2D eigenvalue weighted by atomic mass is 9.66. The first-order chi connectivity index (χ1) is 16.8. The van der Waals surface area contributed by atoms with Crippen molar-refractivity contribution >= 4 is 5.97 Å². The molecule has 1 aliphatic carbocycles. The average molecular weight is 503 g/mol. The Morgan fingerprint density at radius 2 is 1.37 bits per heavy atom. The topological polar surface area (TPSA) is 137 Å². The number of ether oxygens (including phenoxy) is 2. The van der Waals surface area contributed by atoms with Crippen LogP contribution in [-0.4, -0.2) is 81.3 Å². The maximum absolute atomic E-state index is 11.1. The number of unbranched alkanes of at least 4 members (excludes halogenated alkanes) is 7. The van der Waals surface area contributed by atoms with Crippen LogP contribution in [0.5, 0.6) is 0 Å². The fraction of sp³-hybridized carbons (Fsp3) is 0.963. The highest BCUT2D eigenvalue weighted by atomic mass is 16.6. The van der Waals surface area contributed by atoms with E-state index in [9.17, 15) is 25.2 Å². The highest BCUT2D eigenvalue weighted by Gasteiger charge is 2.50. The van der Waals surface area contributed by atoms with Gasteiger partial charge < -0.3 is 35.0 Å². The Bertz CT molecular complexity index is 588. The van der Waals surface area contributed by atoms with E-state index in [-0.39, 0.29) is 12.5 Å². The normalized spacial score (nSPS) is 35.8. The Morgan fingerprint density at radius 1 is 0.800 bits per heavy atom. The summed E-state index contributed by atoms with van der Waals surface area (Å²) in [5.74, 6) is -0.633. The molecule has 7 unspecified atom stereocenters. The summed E-state index contributed by atoms with van der Waals surface area (Å²) in [6, 6.07) is 0. The van der Waals surface area contributed by atoms with E-state index in [1.807, 2.05) is 0 Å². The second kappa shape index (κ2) is 16.2. The third kappa shape index (κ3) is 9.56. The first-order valence-electron chi connectivity index (χ1n) is 14.0. The first kappa shape index (κ1) is 30.5. The molecule has 206 valence electrons. The molecular weight excluding hydrogens is 452 g/mol. The number of aliphatic hydroxyl groups excluding tert-OH is 4. The van der Waals surface area contributed by atoms with Crippen LogP contribution >= 0.6 is 0 Å². The van der Waals surface area contributed by atoms with E-state index in [0.717, 1.165) is 19.3 Å². The van der Waals surface area contributed by atoms with Gasteiger partial charge in [0.15, 0.2) is 0 Å². The standard InChI is InChI=1S/C27H50O8/c1-3-5-7-9-11-13-19-15-21(28)20(14-18(19)12-10-8-6-4-2)27-26(33)25(32)24(31)22(35-27)16-34-17-23(29)30/h18-22,24-28,31-33H,3-17H2,1-2H3,(H,29,30)/t18?,19?,20?,21?,22?,24?,25-,26?,27-/m1/s1. The zero-order valence-electron chi connectivity index (χ0n) is 21.8. The average Bonchev–Trinajstić information content (AvgIpc) is 2.82. The molecule has 9 atom stereocenters. The van der Waals surface area contributed by atoms with Crippen LogP contribution in [-0.2, 0) is 14.3 Å². The Labute approximate surface area is 211 Å². The molecule has 1 heterocycles. The summed E-state index contributed by atoms with van der Waals surface area (Å²) in [4.78, 5) is 10.8. The SMILES string of the molecule is CCCCCCCC1CC(O)C([C@H]2OC(COCC(=O)O)C(O)[C@@H](O)C2O)CC1CCCCCC. The van der Waals surface area contributed by atoms with Crippen LogP contribution in [0.1, 0.15) is 97.3 Å². The summed E-state index contributed by atoms with van der Waals surface area (Å²) in [7, 11) is 0. The van der Waals surface area contributed by atoms with Crippen LogP contribution in [0.4, 0.5) is 0 Å². The van der Waals surface area contributed by atoms with Gasteiger partial charge in [-0.15, -0.1) is 0 Å². The Balaban J connectivity index is 2.05. The molecule has 0 aromatic carbocycles. The number of aliphatic hydroxyl groups is 4. The molecule has 0 radical (unpaired) electrons. The summed E-state index contributed by atoms with van der Waals surface area (Å²) in [6.07, 6.45) is 7.78. The van der Waals surface area contributed by atoms with Gasteiger partial charge in [-0.1, -0.05) is 84.5 Å². The number of hydrogen-bond acceptors (Lipinski definition) is 7. The molecule has 0 bridgehead atoms. The molecule has 35 heavy (non-hydrogen) atoms. The quantitative estimate of drug-likeness (QED) is 0.203. The Morgan fingerprint density at radius 3 is 1.97 bits per heavy atom. The van der Waals surface area contributed by atoms with E-state index in [1.165, 1.54) is 51.4 Å². The molecule has 0 spiro atoms. The van der Waals surface area contributed by atoms with Crippen molar-refractivity contribution in [3.63, 3.8) is 0 Å². The van der Waals surface area contributed by atoms with Crippen molar-refractivity contribution in [1.29, 1.82) is 0 Å². The molecule has 0 amide bonds. The van der Waals surface area contributed by atoms with Crippen LogP contribution in [0.2, 0.25) is 0 Å². The van der Waals surface area contributed by atoms with E-state index >= 15 is 0 Å². The summed E-state index contributed by atoms with van der Waals surface area (Å²) in [5.41, 5.74) is 0. The van der Waals surface area contributed by atoms with Crippen molar-refractivity contribution in [3.8, 4) is 0 Å². The third-order valence-corrected chi connectivity index (χ3v) is 8.07. The number of carboxylic acids is 1. The fourth-order valence-electron chi connectivity index (χ4n) is 6.01. The van der Waals surface area contributed by atoms with E-state index in [4.69, 9.17) is 14.6 Å². The largest absolute Gasteiger partial charge is 0.480 e. The van der Waals surface area contributed by atoms with Crippen molar-refractivity contribution in [3.05, 3.63) is 0 Å². The number of aliphatic carboxylic acids is 1. The molecule has 1 saturated heterocycles. The van der Waals surface area contributed by atoms with Crippen LogP contribution in [0, 0.1) is 17.8 Å². The summed E-state index contributed by atoms with van der Waals surface area (Å²) in [5, 5.41) is 51.5. The summed E-state index contributed by atoms with van der Waals surface area (Å²) < 4.78 is 11.1. The van der Waals surface area contributed by atoms with E-state index < -0.39 is 49.2 Å². The number of carbonyl (C=O) groups is 1. The zero-order valence-corrected chi connectivity index (χ0v) is 21.8. The maximum Gasteiger partial charge on any atom is 0.329 e. The minimum atomic E-state index is -1.45. The zero-order chi connectivity index (χ0) is 25.8. The van der Waals surface area contributed by atoms with Gasteiger partial charge in [0.25, 0.3) is 0 Å². The second-order valence-corrected chi connectivity index (χ2v) is 10.8. The third-order valence-electron chi connectivity index (χ3n) is 8.07. The predicted octanol–water partition coefficient (Wildman–Crippen LogP) is 3.27. The van der Waals surface area contributed by atoms with Crippen molar-refractivity contribution < 1.29 is 39.8 Å². The molecule has 2 rings (SSSR count). The molecule has 5 N–H and O–H groups in total. The Kier molecular flexibility index (Phi) is 14.1. The van der Waals surface area contributed by atoms with E-state index in [1.54, 1.807) is 0 Å². The van der Waals surface area contributed by atoms with Crippen molar-refractivity contribution in [1.82, 2.24) is 0 Å². The van der Waals surface area contributed by atoms with Gasteiger partial charge in [-0.2, -0.15) is 0 Å². The molecule has 0 aromatic rings. The Hall–Kier alpha value is -0.770. The van der Waals surface area contributed by atoms with Crippen LogP contribution < -0.4 is 0 Å². The molecule has 1 aliphatic heterocycles. The second-order valence-electron chi connectivity index (χ2n) is 10.8. The smallest absolute Gasteiger partial charge is 0.329 e. The van der Waals surface area contributed by atoms with Crippen molar-refractivity contribution in [2.24, 2.45) is 17.8 Å². The molecule has 2 aliphatic rings. The monoisotopic (exact) mass is 502 g/mol. The molecule has 8 nitrogen and oxygen atoms in total. The van der Waals surface area contributed by atoms with Crippen LogP contribution in [0.25, 0.3) is 0 Å². The first-order valence-corrected chi connectivity index (χ1v) is 14.0. The highest BCUT2D eigenvalue weighted by Crippen LogP contribution is 2.43. The van der Waals surface area contributed by atoms with Crippen molar-refractivity contribution in [2.45, 2.75) is 134 Å².